The molecule has 0 saturated heterocycles. The van der Waals surface area contributed by atoms with Crippen LogP contribution in [-0.4, -0.2) is 14.1 Å². The summed E-state index contributed by atoms with van der Waals surface area (Å²) in [6.45, 7) is 0.604. The Kier molecular flexibility index (Phi) is 0.957. The fourth-order valence-electron chi connectivity index (χ4n) is 1.14. The van der Waals surface area contributed by atoms with Crippen LogP contribution in [0.5, 0.6) is 0 Å². The molecule has 1 aliphatic rings. The number of H-pyrrole nitrogens is 1. The summed E-state index contributed by atoms with van der Waals surface area (Å²) in [6, 6.07) is 0. The Morgan fingerprint density at radius 3 is 1.91 bits per heavy atom. The highest BCUT2D eigenvalue weighted by Crippen LogP contribution is 1.81. The molecule has 0 fully saturated rings. The molecule has 1 aliphatic heterocycles. The largest absolute Gasteiger partial charge is 0.336 e. The molecule has 0 amide bonds. The number of nitrogens with zero attached hydrogens (tertiary/aromatic N) is 2. The molecule has 1 aromatic rings. The third kappa shape index (κ3) is 0.631. The van der Waals surface area contributed by atoms with Crippen LogP contribution in [0, 0.1) is 0 Å². The standard InChI is InChI=1S/C5H5N3O3/c9-3-6-4(10)8-2-1-7(3)5(8)11/h1-2H2,(H,6,9,10). The second-order valence-electron chi connectivity index (χ2n) is 2.32. The predicted molar refractivity (Wildman–Crippen MR) is 35.6 cm³/mol. The molecule has 0 aliphatic carbocycles. The highest BCUT2D eigenvalue weighted by atomic mass is 16.2. The SMILES string of the molecule is O=c1[nH]c(=O)n2c(=O)n1CC2. The summed E-state index contributed by atoms with van der Waals surface area (Å²) in [5.74, 6) is 0. The average molecular weight is 155 g/mol. The monoisotopic (exact) mass is 155 g/mol. The zero-order valence-corrected chi connectivity index (χ0v) is 5.53. The first-order valence-corrected chi connectivity index (χ1v) is 3.14. The summed E-state index contributed by atoms with van der Waals surface area (Å²) in [5.41, 5.74) is -1.75. The Bertz CT molecular complexity index is 424. The Hall–Kier alpha value is -1.59. The van der Waals surface area contributed by atoms with Gasteiger partial charge in [-0.05, 0) is 0 Å². The third-order valence-electron chi connectivity index (χ3n) is 1.71. The molecule has 0 aromatic carbocycles. The van der Waals surface area contributed by atoms with Gasteiger partial charge in [-0.2, -0.15) is 0 Å². The third-order valence-corrected chi connectivity index (χ3v) is 1.71. The molecular formula is C5H5N3O3. The molecule has 0 unspecified atom stereocenters. The van der Waals surface area contributed by atoms with Gasteiger partial charge in [-0.1, -0.05) is 0 Å². The summed E-state index contributed by atoms with van der Waals surface area (Å²) in [5, 5.41) is 0. The van der Waals surface area contributed by atoms with Gasteiger partial charge in [0.2, 0.25) is 0 Å². The second kappa shape index (κ2) is 1.71. The molecular weight excluding hydrogens is 150 g/mol. The van der Waals surface area contributed by atoms with Crippen LogP contribution in [0.4, 0.5) is 0 Å². The Morgan fingerprint density at radius 2 is 1.45 bits per heavy atom. The van der Waals surface area contributed by atoms with Crippen molar-refractivity contribution in [2.24, 2.45) is 0 Å². The number of hydrogen-bond acceptors (Lipinski definition) is 3. The highest BCUT2D eigenvalue weighted by molar-refractivity contribution is 4.79. The van der Waals surface area contributed by atoms with Crippen LogP contribution < -0.4 is 17.1 Å². The molecule has 0 spiro atoms. The van der Waals surface area contributed by atoms with E-state index in [2.05, 4.69) is 0 Å². The molecule has 11 heavy (non-hydrogen) atoms. The lowest BCUT2D eigenvalue weighted by Crippen LogP contribution is -2.42. The van der Waals surface area contributed by atoms with Crippen molar-refractivity contribution < 1.29 is 0 Å². The van der Waals surface area contributed by atoms with Gasteiger partial charge < -0.3 is 0 Å². The average Bonchev–Trinajstić information content (AvgIpc) is 2.22. The van der Waals surface area contributed by atoms with Gasteiger partial charge in [0, 0.05) is 0 Å². The lowest BCUT2D eigenvalue weighted by molar-refractivity contribution is 0.676. The van der Waals surface area contributed by atoms with Crippen molar-refractivity contribution in [2.45, 2.75) is 13.1 Å². The molecule has 0 atom stereocenters. The van der Waals surface area contributed by atoms with E-state index in [4.69, 9.17) is 0 Å². The molecule has 2 heterocycles. The van der Waals surface area contributed by atoms with Crippen LogP contribution in [0.2, 0.25) is 0 Å². The van der Waals surface area contributed by atoms with E-state index in [1.807, 2.05) is 4.98 Å². The van der Waals surface area contributed by atoms with E-state index in [0.717, 1.165) is 9.13 Å². The summed E-state index contributed by atoms with van der Waals surface area (Å²) in [7, 11) is 0. The predicted octanol–water partition coefficient (Wildman–Crippen LogP) is -2.29. The number of aromatic amines is 1. The lowest BCUT2D eigenvalue weighted by Gasteiger charge is -1.89. The molecule has 1 N–H and O–H groups in total. The van der Waals surface area contributed by atoms with Crippen LogP contribution in [0.15, 0.2) is 14.4 Å². The number of hydrogen-bond donors (Lipinski definition) is 1. The summed E-state index contributed by atoms with van der Waals surface area (Å²) in [4.78, 5) is 34.6. The fraction of sp³-hybridized carbons (Fsp3) is 0.400. The first kappa shape index (κ1) is 6.14. The fourth-order valence-corrected chi connectivity index (χ4v) is 1.14. The maximum absolute atomic E-state index is 11.0. The van der Waals surface area contributed by atoms with E-state index in [-0.39, 0.29) is 0 Å². The van der Waals surface area contributed by atoms with Crippen molar-refractivity contribution in [1.82, 2.24) is 14.1 Å². The highest BCUT2D eigenvalue weighted by Gasteiger charge is 2.15. The lowest BCUT2D eigenvalue weighted by atomic mass is 10.7. The van der Waals surface area contributed by atoms with Crippen LogP contribution in [0.3, 0.4) is 0 Å². The van der Waals surface area contributed by atoms with Crippen molar-refractivity contribution in [2.75, 3.05) is 0 Å². The van der Waals surface area contributed by atoms with Crippen molar-refractivity contribution in [3.63, 3.8) is 0 Å². The normalized spacial score (nSPS) is 13.8. The van der Waals surface area contributed by atoms with Crippen molar-refractivity contribution in [1.29, 1.82) is 0 Å². The van der Waals surface area contributed by atoms with Crippen LogP contribution in [0.25, 0.3) is 0 Å². The van der Waals surface area contributed by atoms with Gasteiger partial charge in [-0.15, -0.1) is 0 Å². The number of nitrogens with one attached hydrogen (secondary N) is 1. The molecule has 6 nitrogen and oxygen atoms in total. The van der Waals surface area contributed by atoms with Gasteiger partial charge in [0.15, 0.2) is 0 Å². The molecule has 0 radical (unpaired) electrons. The minimum absolute atomic E-state index is 0.302. The van der Waals surface area contributed by atoms with Gasteiger partial charge in [0.1, 0.15) is 0 Å². The van der Waals surface area contributed by atoms with Gasteiger partial charge in [0.25, 0.3) is 0 Å². The summed E-state index contributed by atoms with van der Waals surface area (Å²) in [6.07, 6.45) is 0. The first-order chi connectivity index (χ1) is 5.20. The van der Waals surface area contributed by atoms with Gasteiger partial charge in [-0.3, -0.25) is 4.98 Å². The van der Waals surface area contributed by atoms with Gasteiger partial charge in [-0.25, -0.2) is 23.5 Å². The van der Waals surface area contributed by atoms with Crippen LogP contribution >= 0.6 is 0 Å². The molecule has 0 saturated carbocycles. The topological polar surface area (TPSA) is 76.9 Å². The Balaban J connectivity index is 3.11. The van der Waals surface area contributed by atoms with Crippen LogP contribution in [0.1, 0.15) is 0 Å². The number of rotatable bonds is 0. The smallest absolute Gasteiger partial charge is 0.259 e. The molecule has 6 heteroatoms. The van der Waals surface area contributed by atoms with E-state index in [9.17, 15) is 14.4 Å². The van der Waals surface area contributed by atoms with Gasteiger partial charge >= 0.3 is 17.1 Å². The second-order valence-corrected chi connectivity index (χ2v) is 2.32. The van der Waals surface area contributed by atoms with E-state index in [1.54, 1.807) is 0 Å². The van der Waals surface area contributed by atoms with Crippen molar-refractivity contribution in [3.05, 3.63) is 31.5 Å². The maximum Gasteiger partial charge on any atom is 0.336 e. The molecule has 2 bridgehead atoms. The Morgan fingerprint density at radius 1 is 1.00 bits per heavy atom. The summed E-state index contributed by atoms with van der Waals surface area (Å²) < 4.78 is 2.00. The van der Waals surface area contributed by atoms with E-state index < -0.39 is 17.1 Å². The van der Waals surface area contributed by atoms with E-state index in [1.165, 1.54) is 0 Å². The number of fused-ring (bicyclic) bond motifs is 2. The zero-order valence-electron chi connectivity index (χ0n) is 5.53. The van der Waals surface area contributed by atoms with Crippen molar-refractivity contribution >= 4 is 0 Å². The maximum atomic E-state index is 11.0. The Labute approximate surface area is 59.7 Å². The quantitative estimate of drug-likeness (QED) is 0.458. The molecule has 2 rings (SSSR count). The van der Waals surface area contributed by atoms with Crippen LogP contribution in [-0.2, 0) is 13.1 Å². The summed E-state index contributed by atoms with van der Waals surface area (Å²) >= 11 is 0. The molecule has 1 aromatic heterocycles. The van der Waals surface area contributed by atoms with Crippen molar-refractivity contribution in [3.8, 4) is 0 Å². The van der Waals surface area contributed by atoms with Gasteiger partial charge in [0.05, 0.1) is 13.1 Å². The van der Waals surface area contributed by atoms with E-state index >= 15 is 0 Å². The molecule has 58 valence electrons. The van der Waals surface area contributed by atoms with E-state index in [0.29, 0.717) is 13.1 Å². The number of aromatic nitrogens is 3. The first-order valence-electron chi connectivity index (χ1n) is 3.14. The minimum Gasteiger partial charge on any atom is -0.259 e. The minimum atomic E-state index is -0.617. The zero-order chi connectivity index (χ0) is 8.01.